The van der Waals surface area contributed by atoms with E-state index in [9.17, 15) is 14.4 Å². The summed E-state index contributed by atoms with van der Waals surface area (Å²) in [5, 5.41) is 5.14. The van der Waals surface area contributed by atoms with Gasteiger partial charge in [-0.1, -0.05) is 30.3 Å². The van der Waals surface area contributed by atoms with Crippen molar-refractivity contribution in [2.45, 2.75) is 26.5 Å². The smallest absolute Gasteiger partial charge is 0.408 e. The van der Waals surface area contributed by atoms with Crippen molar-refractivity contribution in [2.75, 3.05) is 5.32 Å². The predicted octanol–water partition coefficient (Wildman–Crippen LogP) is 3.14. The fourth-order valence-corrected chi connectivity index (χ4v) is 2.05. The zero-order valence-corrected chi connectivity index (χ0v) is 14.1. The van der Waals surface area contributed by atoms with Crippen molar-refractivity contribution >= 4 is 23.5 Å². The van der Waals surface area contributed by atoms with E-state index in [1.54, 1.807) is 31.2 Å². The Kier molecular flexibility index (Phi) is 6.28. The standard InChI is InChI=1S/C19H20N2O4/c1-13(20-19(24)25-12-15-6-4-3-5-7-15)18(23)21-17-10-8-16(9-11-17)14(2)22/h3-11,13H,12H2,1-2H3,(H,20,24)(H,21,23)/t13-/m1/s1. The van der Waals surface area contributed by atoms with Crippen LogP contribution in [0.1, 0.15) is 29.8 Å². The first kappa shape index (κ1) is 18.2. The molecular formula is C19H20N2O4. The molecule has 0 aliphatic heterocycles. The van der Waals surface area contributed by atoms with Gasteiger partial charge in [0.05, 0.1) is 0 Å². The maximum absolute atomic E-state index is 12.1. The molecule has 2 amide bonds. The van der Waals surface area contributed by atoms with Crippen LogP contribution in [0.5, 0.6) is 0 Å². The number of benzene rings is 2. The van der Waals surface area contributed by atoms with Crippen LogP contribution in [-0.4, -0.2) is 23.8 Å². The van der Waals surface area contributed by atoms with Crippen LogP contribution in [0.3, 0.4) is 0 Å². The Balaban J connectivity index is 1.81. The van der Waals surface area contributed by atoms with Crippen LogP contribution in [0.25, 0.3) is 0 Å². The van der Waals surface area contributed by atoms with Gasteiger partial charge < -0.3 is 15.4 Å². The number of ketones is 1. The number of hydrogen-bond donors (Lipinski definition) is 2. The molecular weight excluding hydrogens is 320 g/mol. The third-order valence-electron chi connectivity index (χ3n) is 3.50. The summed E-state index contributed by atoms with van der Waals surface area (Å²) in [6.07, 6.45) is -0.668. The lowest BCUT2D eigenvalue weighted by Crippen LogP contribution is -2.41. The summed E-state index contributed by atoms with van der Waals surface area (Å²) in [6, 6.07) is 15.0. The minimum atomic E-state index is -0.768. The first-order chi connectivity index (χ1) is 12.0. The number of nitrogens with one attached hydrogen (secondary N) is 2. The monoisotopic (exact) mass is 340 g/mol. The first-order valence-electron chi connectivity index (χ1n) is 7.85. The minimum absolute atomic E-state index is 0.0472. The lowest BCUT2D eigenvalue weighted by atomic mass is 10.1. The van der Waals surface area contributed by atoms with E-state index in [2.05, 4.69) is 10.6 Å². The summed E-state index contributed by atoms with van der Waals surface area (Å²) in [5.74, 6) is -0.429. The summed E-state index contributed by atoms with van der Waals surface area (Å²) in [6.45, 7) is 3.16. The average Bonchev–Trinajstić information content (AvgIpc) is 2.61. The van der Waals surface area contributed by atoms with Crippen LogP contribution in [-0.2, 0) is 16.1 Å². The molecule has 6 heteroatoms. The molecule has 0 saturated carbocycles. The molecule has 2 aromatic carbocycles. The Morgan fingerprint density at radius 3 is 2.24 bits per heavy atom. The third-order valence-corrected chi connectivity index (χ3v) is 3.50. The quantitative estimate of drug-likeness (QED) is 0.791. The molecule has 0 radical (unpaired) electrons. The highest BCUT2D eigenvalue weighted by molar-refractivity contribution is 5.97. The molecule has 0 aromatic heterocycles. The van der Waals surface area contributed by atoms with Crippen molar-refractivity contribution in [3.05, 3.63) is 65.7 Å². The number of amides is 2. The zero-order valence-electron chi connectivity index (χ0n) is 14.1. The second-order valence-corrected chi connectivity index (χ2v) is 5.55. The summed E-state index contributed by atoms with van der Waals surface area (Å²) in [4.78, 5) is 35.1. The van der Waals surface area contributed by atoms with Crippen molar-refractivity contribution in [2.24, 2.45) is 0 Å². The van der Waals surface area contributed by atoms with Crippen LogP contribution in [0.2, 0.25) is 0 Å². The van der Waals surface area contributed by atoms with Crippen LogP contribution < -0.4 is 10.6 Å². The lowest BCUT2D eigenvalue weighted by Gasteiger charge is -2.14. The van der Waals surface area contributed by atoms with E-state index in [1.807, 2.05) is 30.3 Å². The lowest BCUT2D eigenvalue weighted by molar-refractivity contribution is -0.117. The second kappa shape index (κ2) is 8.63. The molecule has 0 aliphatic rings. The molecule has 6 nitrogen and oxygen atoms in total. The van der Waals surface area contributed by atoms with Gasteiger partial charge in [-0.3, -0.25) is 9.59 Å². The molecule has 0 aliphatic carbocycles. The normalized spacial score (nSPS) is 11.3. The van der Waals surface area contributed by atoms with Crippen LogP contribution in [0.4, 0.5) is 10.5 Å². The number of Topliss-reactive ketones (excluding diaryl/α,β-unsaturated/α-hetero) is 1. The van der Waals surface area contributed by atoms with Gasteiger partial charge in [0, 0.05) is 11.3 Å². The molecule has 0 bridgehead atoms. The van der Waals surface area contributed by atoms with Gasteiger partial charge in [0.2, 0.25) is 5.91 Å². The largest absolute Gasteiger partial charge is 0.445 e. The average molecular weight is 340 g/mol. The van der Waals surface area contributed by atoms with E-state index in [0.29, 0.717) is 11.3 Å². The van der Waals surface area contributed by atoms with E-state index in [-0.39, 0.29) is 18.3 Å². The predicted molar refractivity (Wildman–Crippen MR) is 94.3 cm³/mol. The van der Waals surface area contributed by atoms with Crippen molar-refractivity contribution in [1.82, 2.24) is 5.32 Å². The van der Waals surface area contributed by atoms with Gasteiger partial charge in [-0.05, 0) is 43.7 Å². The fourth-order valence-electron chi connectivity index (χ4n) is 2.05. The highest BCUT2D eigenvalue weighted by Crippen LogP contribution is 2.10. The Bertz CT molecular complexity index is 742. The van der Waals surface area contributed by atoms with Crippen molar-refractivity contribution in [3.63, 3.8) is 0 Å². The first-order valence-corrected chi connectivity index (χ1v) is 7.85. The van der Waals surface area contributed by atoms with Crippen molar-refractivity contribution in [1.29, 1.82) is 0 Å². The minimum Gasteiger partial charge on any atom is -0.445 e. The molecule has 2 aromatic rings. The second-order valence-electron chi connectivity index (χ2n) is 5.55. The fraction of sp³-hybridized carbons (Fsp3) is 0.211. The highest BCUT2D eigenvalue weighted by Gasteiger charge is 2.16. The van der Waals surface area contributed by atoms with E-state index < -0.39 is 12.1 Å². The summed E-state index contributed by atoms with van der Waals surface area (Å²) < 4.78 is 5.07. The summed E-state index contributed by atoms with van der Waals surface area (Å²) >= 11 is 0. The van der Waals surface area contributed by atoms with E-state index in [1.165, 1.54) is 6.92 Å². The van der Waals surface area contributed by atoms with Gasteiger partial charge >= 0.3 is 6.09 Å². The van der Waals surface area contributed by atoms with Gasteiger partial charge in [0.15, 0.2) is 5.78 Å². The number of carbonyl (C=O) groups is 3. The Hall–Kier alpha value is -3.15. The molecule has 25 heavy (non-hydrogen) atoms. The number of anilines is 1. The van der Waals surface area contributed by atoms with Crippen LogP contribution in [0.15, 0.2) is 54.6 Å². The van der Waals surface area contributed by atoms with E-state index in [4.69, 9.17) is 4.74 Å². The Morgan fingerprint density at radius 2 is 1.64 bits per heavy atom. The Morgan fingerprint density at radius 1 is 1.00 bits per heavy atom. The topological polar surface area (TPSA) is 84.5 Å². The van der Waals surface area contributed by atoms with Gasteiger partial charge in [-0.2, -0.15) is 0 Å². The van der Waals surface area contributed by atoms with Crippen LogP contribution in [0, 0.1) is 0 Å². The third kappa shape index (κ3) is 5.76. The molecule has 0 heterocycles. The summed E-state index contributed by atoms with van der Waals surface area (Å²) in [7, 11) is 0. The van der Waals surface area contributed by atoms with Gasteiger partial charge in [0.25, 0.3) is 0 Å². The molecule has 0 saturated heterocycles. The molecule has 0 unspecified atom stereocenters. The number of carbonyl (C=O) groups excluding carboxylic acids is 3. The van der Waals surface area contributed by atoms with Gasteiger partial charge in [-0.15, -0.1) is 0 Å². The number of alkyl carbamates (subject to hydrolysis) is 1. The maximum atomic E-state index is 12.1. The van der Waals surface area contributed by atoms with E-state index >= 15 is 0 Å². The van der Waals surface area contributed by atoms with Gasteiger partial charge in [-0.25, -0.2) is 4.79 Å². The molecule has 1 atom stereocenters. The SMILES string of the molecule is CC(=O)c1ccc(NC(=O)[C@@H](C)NC(=O)OCc2ccccc2)cc1. The number of rotatable bonds is 6. The van der Waals surface area contributed by atoms with Crippen molar-refractivity contribution in [3.8, 4) is 0 Å². The zero-order chi connectivity index (χ0) is 18.2. The number of hydrogen-bond acceptors (Lipinski definition) is 4. The number of ether oxygens (including phenoxy) is 1. The summed E-state index contributed by atoms with van der Waals surface area (Å²) in [5.41, 5.74) is 1.97. The Labute approximate surface area is 146 Å². The molecule has 0 spiro atoms. The molecule has 130 valence electrons. The van der Waals surface area contributed by atoms with Gasteiger partial charge in [0.1, 0.15) is 12.6 Å². The van der Waals surface area contributed by atoms with Crippen molar-refractivity contribution < 1.29 is 19.1 Å². The van der Waals surface area contributed by atoms with Crippen LogP contribution >= 0.6 is 0 Å². The molecule has 0 fully saturated rings. The maximum Gasteiger partial charge on any atom is 0.408 e. The molecule has 2 rings (SSSR count). The van der Waals surface area contributed by atoms with E-state index in [0.717, 1.165) is 5.56 Å². The molecule has 2 N–H and O–H groups in total. The highest BCUT2D eigenvalue weighted by atomic mass is 16.5.